The third-order valence-corrected chi connectivity index (χ3v) is 4.21. The quantitative estimate of drug-likeness (QED) is 0.623. The molecule has 6 heteroatoms. The summed E-state index contributed by atoms with van der Waals surface area (Å²) < 4.78 is 23.5. The van der Waals surface area contributed by atoms with Gasteiger partial charge in [-0.25, -0.2) is 4.39 Å². The van der Waals surface area contributed by atoms with Crippen molar-refractivity contribution in [3.05, 3.63) is 83.7 Å². The summed E-state index contributed by atoms with van der Waals surface area (Å²) in [6, 6.07) is 18.8. The maximum absolute atomic E-state index is 12.9. The second-order valence-electron chi connectivity index (χ2n) is 6.05. The van der Waals surface area contributed by atoms with Crippen molar-refractivity contribution in [2.45, 2.75) is 6.54 Å². The van der Waals surface area contributed by atoms with Crippen molar-refractivity contribution in [2.24, 2.45) is 0 Å². The van der Waals surface area contributed by atoms with Gasteiger partial charge in [-0.05, 0) is 54.1 Å². The van der Waals surface area contributed by atoms with Crippen molar-refractivity contribution in [3.63, 3.8) is 0 Å². The highest BCUT2D eigenvalue weighted by atomic mass is 19.1. The van der Waals surface area contributed by atoms with Gasteiger partial charge in [-0.1, -0.05) is 18.2 Å². The number of rotatable bonds is 7. The van der Waals surface area contributed by atoms with Crippen LogP contribution in [0.4, 0.5) is 15.8 Å². The lowest BCUT2D eigenvalue weighted by molar-refractivity contribution is 0.102. The number of hydrogen-bond acceptors (Lipinski definition) is 4. The van der Waals surface area contributed by atoms with E-state index in [0.717, 1.165) is 11.3 Å². The number of carbonyl (C=O) groups is 1. The molecule has 0 aromatic heterocycles. The van der Waals surface area contributed by atoms with Gasteiger partial charge in [-0.15, -0.1) is 0 Å². The average molecular weight is 380 g/mol. The van der Waals surface area contributed by atoms with Crippen LogP contribution in [-0.2, 0) is 6.54 Å². The van der Waals surface area contributed by atoms with E-state index in [-0.39, 0.29) is 11.7 Å². The molecule has 0 spiro atoms. The Balaban J connectivity index is 1.66. The molecule has 3 aromatic carbocycles. The summed E-state index contributed by atoms with van der Waals surface area (Å²) in [6.07, 6.45) is 0. The van der Waals surface area contributed by atoms with Gasteiger partial charge in [0.25, 0.3) is 5.91 Å². The number of benzene rings is 3. The molecule has 0 radical (unpaired) electrons. The van der Waals surface area contributed by atoms with Crippen LogP contribution in [-0.4, -0.2) is 20.1 Å². The van der Waals surface area contributed by atoms with Crippen LogP contribution in [0.1, 0.15) is 15.9 Å². The lowest BCUT2D eigenvalue weighted by atomic mass is 10.1. The van der Waals surface area contributed by atoms with Crippen molar-refractivity contribution in [1.29, 1.82) is 0 Å². The molecule has 5 nitrogen and oxygen atoms in total. The summed E-state index contributed by atoms with van der Waals surface area (Å²) in [7, 11) is 3.01. The molecule has 0 heterocycles. The van der Waals surface area contributed by atoms with Gasteiger partial charge >= 0.3 is 0 Å². The molecule has 1 amide bonds. The molecule has 0 saturated carbocycles. The second kappa shape index (κ2) is 8.90. The van der Waals surface area contributed by atoms with Gasteiger partial charge in [0, 0.05) is 17.9 Å². The summed E-state index contributed by atoms with van der Waals surface area (Å²) in [6.45, 7) is 0.574. The molecule has 0 bridgehead atoms. The molecule has 0 aliphatic rings. The van der Waals surface area contributed by atoms with E-state index in [2.05, 4.69) is 10.6 Å². The Kier molecular flexibility index (Phi) is 6.11. The zero-order valence-corrected chi connectivity index (χ0v) is 15.7. The van der Waals surface area contributed by atoms with Gasteiger partial charge in [0.1, 0.15) is 22.9 Å². The summed E-state index contributed by atoms with van der Waals surface area (Å²) in [5.41, 5.74) is 2.84. The Morgan fingerprint density at radius 2 is 1.43 bits per heavy atom. The average Bonchev–Trinajstić information content (AvgIpc) is 2.73. The molecule has 3 aromatic rings. The Morgan fingerprint density at radius 3 is 2.00 bits per heavy atom. The molecule has 2 N–H and O–H groups in total. The first-order valence-corrected chi connectivity index (χ1v) is 8.71. The van der Waals surface area contributed by atoms with E-state index in [1.807, 2.05) is 12.1 Å². The number of hydrogen-bond donors (Lipinski definition) is 2. The molecule has 0 fully saturated rings. The standard InChI is InChI=1S/C22H21FN2O3/c1-27-19-4-3-5-20(28-2)21(19)22(26)25-18-12-10-17(11-13-18)24-14-15-6-8-16(23)9-7-15/h3-13,24H,14H2,1-2H3,(H,25,26). The molecular formula is C22H21FN2O3. The van der Waals surface area contributed by atoms with E-state index in [4.69, 9.17) is 9.47 Å². The molecule has 144 valence electrons. The SMILES string of the molecule is COc1cccc(OC)c1C(=O)Nc1ccc(NCc2ccc(F)cc2)cc1. The van der Waals surface area contributed by atoms with Crippen molar-refractivity contribution in [3.8, 4) is 11.5 Å². The van der Waals surface area contributed by atoms with Crippen molar-refractivity contribution in [2.75, 3.05) is 24.9 Å². The minimum absolute atomic E-state index is 0.254. The highest BCUT2D eigenvalue weighted by molar-refractivity contribution is 6.08. The van der Waals surface area contributed by atoms with Gasteiger partial charge in [-0.3, -0.25) is 4.79 Å². The number of amides is 1. The molecular weight excluding hydrogens is 359 g/mol. The Hall–Kier alpha value is -3.54. The lowest BCUT2D eigenvalue weighted by Crippen LogP contribution is -2.14. The van der Waals surface area contributed by atoms with E-state index >= 15 is 0 Å². The number of methoxy groups -OCH3 is 2. The van der Waals surface area contributed by atoms with Crippen LogP contribution in [0.15, 0.2) is 66.7 Å². The molecule has 3 rings (SSSR count). The summed E-state index contributed by atoms with van der Waals surface area (Å²) in [5.74, 6) is 0.306. The largest absolute Gasteiger partial charge is 0.496 e. The van der Waals surface area contributed by atoms with Gasteiger partial charge in [0.05, 0.1) is 14.2 Å². The predicted octanol–water partition coefficient (Wildman–Crippen LogP) is 4.71. The Labute approximate surface area is 163 Å². The predicted molar refractivity (Wildman–Crippen MR) is 108 cm³/mol. The van der Waals surface area contributed by atoms with Crippen molar-refractivity contribution in [1.82, 2.24) is 0 Å². The maximum Gasteiger partial charge on any atom is 0.263 e. The van der Waals surface area contributed by atoms with Gasteiger partial charge in [0.15, 0.2) is 0 Å². The first-order valence-electron chi connectivity index (χ1n) is 8.71. The first-order chi connectivity index (χ1) is 13.6. The molecule has 0 aliphatic heterocycles. The molecule has 28 heavy (non-hydrogen) atoms. The van der Waals surface area contributed by atoms with Crippen molar-refractivity contribution < 1.29 is 18.7 Å². The fourth-order valence-corrected chi connectivity index (χ4v) is 2.75. The normalized spacial score (nSPS) is 10.2. The van der Waals surface area contributed by atoms with Crippen LogP contribution in [0.25, 0.3) is 0 Å². The van der Waals surface area contributed by atoms with Crippen molar-refractivity contribution >= 4 is 17.3 Å². The van der Waals surface area contributed by atoms with E-state index < -0.39 is 0 Å². The smallest absolute Gasteiger partial charge is 0.263 e. The van der Waals surface area contributed by atoms with E-state index in [1.165, 1.54) is 26.4 Å². The van der Waals surface area contributed by atoms with Crippen LogP contribution >= 0.6 is 0 Å². The number of carbonyl (C=O) groups excluding carboxylic acids is 1. The van der Waals surface area contributed by atoms with Gasteiger partial charge < -0.3 is 20.1 Å². The highest BCUT2D eigenvalue weighted by Gasteiger charge is 2.18. The number of anilines is 2. The highest BCUT2D eigenvalue weighted by Crippen LogP contribution is 2.29. The van der Waals surface area contributed by atoms with Gasteiger partial charge in [-0.2, -0.15) is 0 Å². The third kappa shape index (κ3) is 4.59. The molecule has 0 atom stereocenters. The van der Waals surface area contributed by atoms with Crippen LogP contribution in [0.2, 0.25) is 0 Å². The van der Waals surface area contributed by atoms with Crippen LogP contribution in [0, 0.1) is 5.82 Å². The monoisotopic (exact) mass is 380 g/mol. The molecule has 0 unspecified atom stereocenters. The third-order valence-electron chi connectivity index (χ3n) is 4.21. The van der Waals surface area contributed by atoms with E-state index in [9.17, 15) is 9.18 Å². The summed E-state index contributed by atoms with van der Waals surface area (Å²) >= 11 is 0. The number of ether oxygens (including phenoxy) is 2. The zero-order chi connectivity index (χ0) is 19.9. The summed E-state index contributed by atoms with van der Waals surface area (Å²) in [4.78, 5) is 12.7. The van der Waals surface area contributed by atoms with Gasteiger partial charge in [0.2, 0.25) is 0 Å². The molecule has 0 saturated heterocycles. The topological polar surface area (TPSA) is 59.6 Å². The number of nitrogens with one attached hydrogen (secondary N) is 2. The minimum atomic E-state index is -0.318. The first kappa shape index (κ1) is 19.2. The molecule has 0 aliphatic carbocycles. The van der Waals surface area contributed by atoms with Crippen LogP contribution in [0.5, 0.6) is 11.5 Å². The fourth-order valence-electron chi connectivity index (χ4n) is 2.75. The fraction of sp³-hybridized carbons (Fsp3) is 0.136. The minimum Gasteiger partial charge on any atom is -0.496 e. The lowest BCUT2D eigenvalue weighted by Gasteiger charge is -2.13. The van der Waals surface area contributed by atoms with Crippen LogP contribution in [0.3, 0.4) is 0 Å². The van der Waals surface area contributed by atoms with Crippen LogP contribution < -0.4 is 20.1 Å². The summed E-state index contributed by atoms with van der Waals surface area (Å²) in [5, 5.41) is 6.10. The zero-order valence-electron chi connectivity index (χ0n) is 15.7. The number of halogens is 1. The van der Waals surface area contributed by atoms with E-state index in [0.29, 0.717) is 29.3 Å². The second-order valence-corrected chi connectivity index (χ2v) is 6.05. The Morgan fingerprint density at radius 1 is 0.857 bits per heavy atom. The maximum atomic E-state index is 12.9. The van der Waals surface area contributed by atoms with E-state index in [1.54, 1.807) is 42.5 Å². The Bertz CT molecular complexity index is 919.